The molecule has 3 heteroatoms. The minimum absolute atomic E-state index is 0.0735. The lowest BCUT2D eigenvalue weighted by Gasteiger charge is -2.43. The predicted molar refractivity (Wildman–Crippen MR) is 164 cm³/mol. The number of likely N-dealkylation sites (tertiary alicyclic amines) is 1. The normalized spacial score (nSPS) is 23.2. The Morgan fingerprint density at radius 1 is 1.11 bits per heavy atom. The van der Waals surface area contributed by atoms with Crippen molar-refractivity contribution in [3.05, 3.63) is 58.1 Å². The second-order valence-corrected chi connectivity index (χ2v) is 14.1. The van der Waals surface area contributed by atoms with Gasteiger partial charge >= 0.3 is 0 Å². The van der Waals surface area contributed by atoms with Crippen LogP contribution < -0.4 is 0 Å². The molecule has 1 unspecified atom stereocenters. The topological polar surface area (TPSA) is 42.9 Å². The number of aromatic amines is 1. The maximum atomic E-state index is 8.15. The van der Waals surface area contributed by atoms with E-state index in [1.807, 2.05) is 6.92 Å². The van der Waals surface area contributed by atoms with Crippen LogP contribution in [0, 0.1) is 35.0 Å². The van der Waals surface area contributed by atoms with E-state index in [1.165, 1.54) is 78.0 Å². The number of nitrogens with zero attached hydrogens (tertiary/aromatic N) is 1. The lowest BCUT2D eigenvalue weighted by atomic mass is 9.67. The molecule has 3 aliphatic carbocycles. The fourth-order valence-electron chi connectivity index (χ4n) is 7.96. The van der Waals surface area contributed by atoms with E-state index in [-0.39, 0.29) is 11.3 Å². The van der Waals surface area contributed by atoms with Gasteiger partial charge in [0.15, 0.2) is 0 Å². The SMILES string of the molecule is C=C1C2=C(C=C(N3CCC(C(CC(C)C)CC(C)C)CC3)CC2)C(C)(C)c2[nH]c3c(c21)C=CC(C(C)=N)C3. The third-order valence-corrected chi connectivity index (χ3v) is 9.99. The molecule has 1 atom stereocenters. The zero-order valence-corrected chi connectivity index (χ0v) is 25.1. The quantitative estimate of drug-likeness (QED) is 0.351. The molecule has 206 valence electrons. The Hall–Kier alpha value is -2.29. The minimum atomic E-state index is -0.0735. The van der Waals surface area contributed by atoms with Crippen LogP contribution in [0.15, 0.2) is 35.6 Å². The monoisotopic (exact) mass is 513 g/mol. The van der Waals surface area contributed by atoms with Gasteiger partial charge in [-0.2, -0.15) is 0 Å². The summed E-state index contributed by atoms with van der Waals surface area (Å²) in [5.74, 6) is 3.56. The lowest BCUT2D eigenvalue weighted by Crippen LogP contribution is -2.37. The van der Waals surface area contributed by atoms with Crippen LogP contribution in [0.3, 0.4) is 0 Å². The number of rotatable bonds is 7. The van der Waals surface area contributed by atoms with E-state index in [9.17, 15) is 0 Å². The number of allylic oxidation sites excluding steroid dienone is 6. The Kier molecular flexibility index (Phi) is 7.44. The zero-order valence-electron chi connectivity index (χ0n) is 25.1. The predicted octanol–water partition coefficient (Wildman–Crippen LogP) is 8.94. The summed E-state index contributed by atoms with van der Waals surface area (Å²) in [7, 11) is 0. The maximum Gasteiger partial charge on any atom is 0.0337 e. The summed E-state index contributed by atoms with van der Waals surface area (Å²) in [5.41, 5.74) is 11.6. The Morgan fingerprint density at radius 3 is 2.37 bits per heavy atom. The standard InChI is InChI=1S/C35H51N3/c1-21(2)17-27(18-22(3)4)25-13-15-38(16-14-25)28-10-12-29-23(5)33-30-11-9-26(24(6)36)19-32(30)37-34(33)35(7,8)31(29)20-28/h9,11,20-22,25-27,36-37H,5,10,12-19H2,1-4,6-8H3. The number of piperidine rings is 1. The number of hydrogen-bond acceptors (Lipinski definition) is 2. The summed E-state index contributed by atoms with van der Waals surface area (Å²) in [6.07, 6.45) is 15.6. The lowest BCUT2D eigenvalue weighted by molar-refractivity contribution is 0.142. The second-order valence-electron chi connectivity index (χ2n) is 14.1. The molecule has 1 aliphatic heterocycles. The van der Waals surface area contributed by atoms with Crippen LogP contribution in [0.1, 0.15) is 110 Å². The zero-order chi connectivity index (χ0) is 27.4. The number of nitrogens with one attached hydrogen (secondary N) is 2. The van der Waals surface area contributed by atoms with Crippen LogP contribution in [-0.4, -0.2) is 28.7 Å². The van der Waals surface area contributed by atoms with E-state index in [0.717, 1.165) is 48.6 Å². The average molecular weight is 514 g/mol. The third-order valence-electron chi connectivity index (χ3n) is 9.99. The fraction of sp³-hybridized carbons (Fsp3) is 0.629. The summed E-state index contributed by atoms with van der Waals surface area (Å²) in [6, 6.07) is 0. The number of fused-ring (bicyclic) bond motifs is 3. The molecule has 0 radical (unpaired) electrons. The Morgan fingerprint density at radius 2 is 1.76 bits per heavy atom. The van der Waals surface area contributed by atoms with E-state index in [2.05, 4.69) is 76.2 Å². The van der Waals surface area contributed by atoms with Gasteiger partial charge in [0.05, 0.1) is 0 Å². The largest absolute Gasteiger partial charge is 0.375 e. The molecule has 0 aromatic carbocycles. The molecule has 4 aliphatic rings. The Bertz CT molecular complexity index is 1180. The first-order valence-corrected chi connectivity index (χ1v) is 15.3. The van der Waals surface area contributed by atoms with Crippen molar-refractivity contribution in [2.24, 2.45) is 29.6 Å². The molecule has 0 saturated carbocycles. The van der Waals surface area contributed by atoms with Crippen molar-refractivity contribution in [3.8, 4) is 0 Å². The van der Waals surface area contributed by atoms with Crippen molar-refractivity contribution < 1.29 is 0 Å². The molecular formula is C35H51N3. The van der Waals surface area contributed by atoms with Crippen molar-refractivity contribution in [2.45, 2.75) is 98.8 Å². The van der Waals surface area contributed by atoms with Gasteiger partial charge in [0.2, 0.25) is 0 Å². The summed E-state index contributed by atoms with van der Waals surface area (Å²) in [4.78, 5) is 6.57. The molecule has 2 N–H and O–H groups in total. The average Bonchev–Trinajstić information content (AvgIpc) is 3.27. The van der Waals surface area contributed by atoms with Crippen molar-refractivity contribution in [3.63, 3.8) is 0 Å². The van der Waals surface area contributed by atoms with Gasteiger partial charge < -0.3 is 15.3 Å². The van der Waals surface area contributed by atoms with Gasteiger partial charge in [-0.3, -0.25) is 0 Å². The molecule has 0 amide bonds. The number of aromatic nitrogens is 1. The van der Waals surface area contributed by atoms with Crippen LogP contribution in [0.5, 0.6) is 0 Å². The molecule has 0 spiro atoms. The van der Waals surface area contributed by atoms with Gasteiger partial charge in [0, 0.05) is 58.3 Å². The van der Waals surface area contributed by atoms with Crippen LogP contribution in [-0.2, 0) is 11.8 Å². The van der Waals surface area contributed by atoms with Gasteiger partial charge in [-0.15, -0.1) is 0 Å². The fourth-order valence-corrected chi connectivity index (χ4v) is 7.96. The smallest absolute Gasteiger partial charge is 0.0337 e. The van der Waals surface area contributed by atoms with Gasteiger partial charge in [-0.05, 0) is 98.3 Å². The molecule has 5 rings (SSSR count). The van der Waals surface area contributed by atoms with E-state index in [0.29, 0.717) is 0 Å². The first-order valence-electron chi connectivity index (χ1n) is 15.3. The van der Waals surface area contributed by atoms with E-state index >= 15 is 0 Å². The van der Waals surface area contributed by atoms with Crippen LogP contribution in [0.25, 0.3) is 11.6 Å². The highest BCUT2D eigenvalue weighted by molar-refractivity contribution is 5.92. The minimum Gasteiger partial charge on any atom is -0.375 e. The summed E-state index contributed by atoms with van der Waals surface area (Å²) in [6.45, 7) is 23.4. The van der Waals surface area contributed by atoms with E-state index in [4.69, 9.17) is 5.41 Å². The molecule has 38 heavy (non-hydrogen) atoms. The highest BCUT2D eigenvalue weighted by atomic mass is 15.1. The van der Waals surface area contributed by atoms with Crippen LogP contribution in [0.4, 0.5) is 0 Å². The molecule has 2 heterocycles. The summed E-state index contributed by atoms with van der Waals surface area (Å²) < 4.78 is 0. The summed E-state index contributed by atoms with van der Waals surface area (Å²) in [5, 5.41) is 8.15. The van der Waals surface area contributed by atoms with Crippen molar-refractivity contribution in [1.82, 2.24) is 9.88 Å². The first kappa shape index (κ1) is 27.3. The van der Waals surface area contributed by atoms with Crippen molar-refractivity contribution in [1.29, 1.82) is 5.41 Å². The Balaban J connectivity index is 1.36. The maximum absolute atomic E-state index is 8.15. The second kappa shape index (κ2) is 10.4. The molecule has 0 bridgehead atoms. The molecule has 3 nitrogen and oxygen atoms in total. The van der Waals surface area contributed by atoms with Crippen molar-refractivity contribution in [2.75, 3.05) is 13.1 Å². The molecule has 1 fully saturated rings. The number of hydrogen-bond donors (Lipinski definition) is 2. The summed E-state index contributed by atoms with van der Waals surface area (Å²) >= 11 is 0. The Labute approximate surface area is 232 Å². The van der Waals surface area contributed by atoms with Crippen molar-refractivity contribution >= 4 is 17.4 Å². The van der Waals surface area contributed by atoms with Gasteiger partial charge in [-0.25, -0.2) is 0 Å². The molecule has 1 aromatic heterocycles. The van der Waals surface area contributed by atoms with Gasteiger partial charge in [0.1, 0.15) is 0 Å². The molecular weight excluding hydrogens is 462 g/mol. The van der Waals surface area contributed by atoms with Crippen LogP contribution >= 0.6 is 0 Å². The highest BCUT2D eigenvalue weighted by Gasteiger charge is 2.41. The van der Waals surface area contributed by atoms with Gasteiger partial charge in [-0.1, -0.05) is 60.3 Å². The molecule has 1 aromatic rings. The third kappa shape index (κ3) is 4.91. The van der Waals surface area contributed by atoms with E-state index < -0.39 is 0 Å². The number of H-pyrrole nitrogens is 1. The molecule has 1 saturated heterocycles. The van der Waals surface area contributed by atoms with Gasteiger partial charge in [0.25, 0.3) is 0 Å². The van der Waals surface area contributed by atoms with E-state index in [1.54, 1.807) is 5.70 Å². The first-order chi connectivity index (χ1) is 18.0. The highest BCUT2D eigenvalue weighted by Crippen LogP contribution is 2.52. The van der Waals surface area contributed by atoms with Crippen LogP contribution in [0.2, 0.25) is 0 Å².